The summed E-state index contributed by atoms with van der Waals surface area (Å²) in [6, 6.07) is 5.10. The predicted octanol–water partition coefficient (Wildman–Crippen LogP) is 0.478. The van der Waals surface area contributed by atoms with Crippen LogP contribution < -0.4 is 15.5 Å². The largest absolute Gasteiger partial charge is 0.545 e. The van der Waals surface area contributed by atoms with Gasteiger partial charge in [0, 0.05) is 16.0 Å². The zero-order valence-corrected chi connectivity index (χ0v) is 14.3. The highest BCUT2D eigenvalue weighted by Gasteiger charge is 2.23. The number of carboxylic acid groups (broad SMARTS) is 2. The number of rotatable bonds is 4. The lowest BCUT2D eigenvalue weighted by molar-refractivity contribution is -0.255. The number of carbonyl (C=O) groups is 3. The Morgan fingerprint density at radius 1 is 1.08 bits per heavy atom. The molecule has 132 valence electrons. The van der Waals surface area contributed by atoms with Crippen molar-refractivity contribution in [2.45, 2.75) is 25.7 Å². The Morgan fingerprint density at radius 2 is 1.81 bits per heavy atom. The minimum atomic E-state index is -1.68. The monoisotopic (exact) mass is 368 g/mol. The molecule has 1 aliphatic rings. The van der Waals surface area contributed by atoms with Crippen LogP contribution >= 0.6 is 11.3 Å². The van der Waals surface area contributed by atoms with E-state index in [9.17, 15) is 29.9 Å². The molecule has 0 bridgehead atoms. The van der Waals surface area contributed by atoms with Gasteiger partial charge in [-0.15, -0.1) is 11.3 Å². The number of carboxylic acids is 2. The van der Waals surface area contributed by atoms with Crippen molar-refractivity contribution in [1.82, 2.24) is 0 Å². The summed E-state index contributed by atoms with van der Waals surface area (Å²) in [5.74, 6) is -3.98. The van der Waals surface area contributed by atoms with Gasteiger partial charge in [0.2, 0.25) is 0 Å². The summed E-state index contributed by atoms with van der Waals surface area (Å²) in [6.45, 7) is 0. The van der Waals surface area contributed by atoms with Crippen molar-refractivity contribution >= 4 is 34.2 Å². The third kappa shape index (κ3) is 3.17. The van der Waals surface area contributed by atoms with E-state index in [1.54, 1.807) is 0 Å². The van der Waals surface area contributed by atoms with Crippen LogP contribution in [0, 0.1) is 11.3 Å². The number of anilines is 1. The fourth-order valence-corrected chi connectivity index (χ4v) is 4.22. The van der Waals surface area contributed by atoms with Crippen molar-refractivity contribution < 1.29 is 24.6 Å². The molecule has 7 nitrogen and oxygen atoms in total. The van der Waals surface area contributed by atoms with Crippen LogP contribution in [0.3, 0.4) is 0 Å². The van der Waals surface area contributed by atoms with E-state index < -0.39 is 23.4 Å². The summed E-state index contributed by atoms with van der Waals surface area (Å²) < 4.78 is 0. The van der Waals surface area contributed by atoms with Gasteiger partial charge in [-0.3, -0.25) is 4.79 Å². The Bertz CT molecular complexity index is 971. The number of hydrogen-bond acceptors (Lipinski definition) is 7. The third-order valence-corrected chi connectivity index (χ3v) is 5.44. The van der Waals surface area contributed by atoms with Crippen molar-refractivity contribution in [3.05, 3.63) is 50.9 Å². The van der Waals surface area contributed by atoms with Crippen LogP contribution in [0.1, 0.15) is 59.9 Å². The van der Waals surface area contributed by atoms with Gasteiger partial charge in [-0.1, -0.05) is 6.07 Å². The number of aromatic carboxylic acids is 2. The number of nitriles is 1. The molecule has 1 aromatic heterocycles. The number of nitrogens with one attached hydrogen (secondary N) is 1. The second kappa shape index (κ2) is 6.98. The molecule has 1 aliphatic carbocycles. The summed E-state index contributed by atoms with van der Waals surface area (Å²) in [6.07, 6.45) is 3.61. The molecule has 0 spiro atoms. The molecule has 8 heteroatoms. The maximum Gasteiger partial charge on any atom is 0.256 e. The first-order chi connectivity index (χ1) is 12.4. The number of aryl methyl sites for hydroxylation is 1. The van der Waals surface area contributed by atoms with Crippen molar-refractivity contribution in [2.24, 2.45) is 0 Å². The van der Waals surface area contributed by atoms with E-state index in [-0.39, 0.29) is 11.1 Å². The topological polar surface area (TPSA) is 133 Å². The molecule has 0 saturated heterocycles. The zero-order valence-electron chi connectivity index (χ0n) is 13.5. The van der Waals surface area contributed by atoms with Crippen molar-refractivity contribution in [1.29, 1.82) is 5.26 Å². The van der Waals surface area contributed by atoms with Gasteiger partial charge >= 0.3 is 0 Å². The summed E-state index contributed by atoms with van der Waals surface area (Å²) in [4.78, 5) is 35.8. The van der Waals surface area contributed by atoms with Crippen molar-refractivity contribution in [3.8, 4) is 6.07 Å². The summed E-state index contributed by atoms with van der Waals surface area (Å²) in [5.41, 5.74) is 0.172. The number of nitrogens with zero attached hydrogens (tertiary/aromatic N) is 1. The zero-order chi connectivity index (χ0) is 18.8. The van der Waals surface area contributed by atoms with E-state index in [1.807, 2.05) is 0 Å². The van der Waals surface area contributed by atoms with E-state index in [1.165, 1.54) is 11.3 Å². The van der Waals surface area contributed by atoms with Crippen molar-refractivity contribution in [2.75, 3.05) is 5.32 Å². The molecular weight excluding hydrogens is 356 g/mol. The number of hydrogen-bond donors (Lipinski definition) is 1. The molecule has 2 aromatic rings. The molecule has 0 radical (unpaired) electrons. The smallest absolute Gasteiger partial charge is 0.256 e. The van der Waals surface area contributed by atoms with Gasteiger partial charge in [0.25, 0.3) is 5.91 Å². The van der Waals surface area contributed by atoms with Crippen LogP contribution in [0.25, 0.3) is 0 Å². The van der Waals surface area contributed by atoms with E-state index in [2.05, 4.69) is 11.4 Å². The lowest BCUT2D eigenvalue weighted by Crippen LogP contribution is -2.28. The van der Waals surface area contributed by atoms with Gasteiger partial charge in [0.15, 0.2) is 0 Å². The molecular formula is C18H12N2O5S-2. The maximum atomic E-state index is 12.5. The lowest BCUT2D eigenvalue weighted by atomic mass is 9.96. The molecule has 0 unspecified atom stereocenters. The van der Waals surface area contributed by atoms with Crippen LogP contribution in [0.4, 0.5) is 5.00 Å². The Hall–Kier alpha value is -3.18. The van der Waals surface area contributed by atoms with Crippen molar-refractivity contribution in [3.63, 3.8) is 0 Å². The van der Waals surface area contributed by atoms with Crippen LogP contribution in [0.2, 0.25) is 0 Å². The highest BCUT2D eigenvalue weighted by molar-refractivity contribution is 7.16. The average molecular weight is 368 g/mol. The quantitative estimate of drug-likeness (QED) is 0.834. The summed E-state index contributed by atoms with van der Waals surface area (Å²) in [7, 11) is 0. The number of fused-ring (bicyclic) bond motifs is 1. The van der Waals surface area contributed by atoms with Gasteiger partial charge in [0.1, 0.15) is 11.1 Å². The first-order valence-corrected chi connectivity index (χ1v) is 8.66. The summed E-state index contributed by atoms with van der Waals surface area (Å²) >= 11 is 1.31. The van der Waals surface area contributed by atoms with Gasteiger partial charge in [-0.2, -0.15) is 5.26 Å². The molecule has 1 N–H and O–H groups in total. The van der Waals surface area contributed by atoms with Gasteiger partial charge in [-0.25, -0.2) is 0 Å². The third-order valence-electron chi connectivity index (χ3n) is 4.23. The van der Waals surface area contributed by atoms with Crippen LogP contribution in [0.15, 0.2) is 18.2 Å². The minimum absolute atomic E-state index is 0.245. The first kappa shape index (κ1) is 17.6. The first-order valence-electron chi connectivity index (χ1n) is 7.85. The predicted molar refractivity (Wildman–Crippen MR) is 88.7 cm³/mol. The molecule has 1 aromatic carbocycles. The Kier molecular flexibility index (Phi) is 4.73. The van der Waals surface area contributed by atoms with E-state index in [0.717, 1.165) is 54.3 Å². The minimum Gasteiger partial charge on any atom is -0.545 e. The number of thiophene rings is 1. The molecule has 0 atom stereocenters. The Labute approximate surface area is 152 Å². The van der Waals surface area contributed by atoms with Crippen LogP contribution in [0.5, 0.6) is 0 Å². The molecule has 0 fully saturated rings. The summed E-state index contributed by atoms with van der Waals surface area (Å²) in [5, 5.41) is 34.5. The molecule has 26 heavy (non-hydrogen) atoms. The van der Waals surface area contributed by atoms with Gasteiger partial charge in [0.05, 0.1) is 17.5 Å². The fraction of sp³-hybridized carbons (Fsp3) is 0.222. The Morgan fingerprint density at radius 3 is 2.46 bits per heavy atom. The second-order valence-corrected chi connectivity index (χ2v) is 6.92. The highest BCUT2D eigenvalue weighted by atomic mass is 32.1. The SMILES string of the molecule is N#Cc1c(NC(=O)c2ccc(C(=O)[O-])cc2C(=O)[O-])sc2c1CCCC2. The van der Waals surface area contributed by atoms with E-state index in [0.29, 0.717) is 10.6 Å². The lowest BCUT2D eigenvalue weighted by Gasteiger charge is -2.13. The number of benzene rings is 1. The second-order valence-electron chi connectivity index (χ2n) is 5.82. The highest BCUT2D eigenvalue weighted by Crippen LogP contribution is 2.37. The van der Waals surface area contributed by atoms with Gasteiger partial charge in [-0.05, 0) is 48.9 Å². The van der Waals surface area contributed by atoms with Gasteiger partial charge < -0.3 is 25.1 Å². The molecule has 1 heterocycles. The fourth-order valence-electron chi connectivity index (χ4n) is 2.98. The molecule has 0 aliphatic heterocycles. The number of carbonyl (C=O) groups excluding carboxylic acids is 3. The number of amides is 1. The molecule has 3 rings (SSSR count). The average Bonchev–Trinajstić information content (AvgIpc) is 2.97. The normalized spacial score (nSPS) is 12.7. The van der Waals surface area contributed by atoms with E-state index in [4.69, 9.17) is 0 Å². The Balaban J connectivity index is 1.97. The standard InChI is InChI=1S/C18H14N2O5S/c19-8-13-10-3-1-2-4-14(10)26-16(13)20-15(21)11-6-5-9(17(22)23)7-12(11)18(24)25/h5-7H,1-4H2,(H,20,21)(H,22,23)(H,24,25)/p-2. The maximum absolute atomic E-state index is 12.5. The molecule has 1 amide bonds. The van der Waals surface area contributed by atoms with Crippen LogP contribution in [-0.4, -0.2) is 17.8 Å². The van der Waals surface area contributed by atoms with Crippen LogP contribution in [-0.2, 0) is 12.8 Å². The van der Waals surface area contributed by atoms with E-state index >= 15 is 0 Å². The molecule has 0 saturated carbocycles.